The molecule has 52 heavy (non-hydrogen) atoms. The van der Waals surface area contributed by atoms with Gasteiger partial charge in [0.15, 0.2) is 11.2 Å². The summed E-state index contributed by atoms with van der Waals surface area (Å²) in [4.78, 5) is 25.1. The molecular formula is C40H24Cl2O10-2. The maximum absolute atomic E-state index is 12.5. The smallest absolute Gasteiger partial charge is 0.340 e. The van der Waals surface area contributed by atoms with Crippen LogP contribution in [0.4, 0.5) is 0 Å². The van der Waals surface area contributed by atoms with E-state index in [9.17, 15) is 30.0 Å². The third kappa shape index (κ3) is 4.72. The summed E-state index contributed by atoms with van der Waals surface area (Å²) >= 11 is 0. The number of halogens is 2. The molecule has 260 valence electrons. The summed E-state index contributed by atoms with van der Waals surface area (Å²) < 4.78 is 23.6. The number of ether oxygens (including phenoxy) is 4. The Morgan fingerprint density at radius 3 is 0.981 bits per heavy atom. The molecule has 0 unspecified atom stereocenters. The fourth-order valence-electron chi connectivity index (χ4n) is 7.31. The number of esters is 2. The average molecular weight is 736 g/mol. The maximum atomic E-state index is 12.5. The molecule has 0 fully saturated rings. The van der Waals surface area contributed by atoms with Gasteiger partial charge in [0.2, 0.25) is 0 Å². The summed E-state index contributed by atoms with van der Waals surface area (Å²) in [6.07, 6.45) is 0. The van der Waals surface area contributed by atoms with Crippen LogP contribution in [0, 0.1) is 0 Å². The summed E-state index contributed by atoms with van der Waals surface area (Å²) in [6, 6.07) is 33.2. The first kappa shape index (κ1) is 34.1. The molecule has 0 aliphatic carbocycles. The van der Waals surface area contributed by atoms with E-state index >= 15 is 0 Å². The fraction of sp³-hybridized carbons (Fsp3) is 0.0500. The summed E-state index contributed by atoms with van der Waals surface area (Å²) in [7, 11) is 0. The van der Waals surface area contributed by atoms with Gasteiger partial charge in [-0.1, -0.05) is 36.4 Å². The predicted octanol–water partition coefficient (Wildman–Crippen LogP) is 1.34. The molecular weight excluding hydrogens is 711 g/mol. The highest BCUT2D eigenvalue weighted by molar-refractivity contribution is 5.98. The van der Waals surface area contributed by atoms with E-state index in [4.69, 9.17) is 18.9 Å². The van der Waals surface area contributed by atoms with E-state index in [1.54, 1.807) is 48.5 Å². The Kier molecular flexibility index (Phi) is 7.97. The number of hydrogen-bond donors (Lipinski definition) is 4. The van der Waals surface area contributed by atoms with Crippen molar-refractivity contribution >= 4 is 11.9 Å². The van der Waals surface area contributed by atoms with Crippen molar-refractivity contribution in [2.24, 2.45) is 0 Å². The first-order valence-electron chi connectivity index (χ1n) is 15.5. The Bertz CT molecular complexity index is 2190. The number of hydrogen-bond acceptors (Lipinski definition) is 10. The van der Waals surface area contributed by atoms with Crippen LogP contribution in [0.15, 0.2) is 121 Å². The monoisotopic (exact) mass is 734 g/mol. The van der Waals surface area contributed by atoms with Crippen molar-refractivity contribution in [1.29, 1.82) is 0 Å². The van der Waals surface area contributed by atoms with Crippen LogP contribution in [0.1, 0.15) is 54.1 Å². The quantitative estimate of drug-likeness (QED) is 0.168. The van der Waals surface area contributed by atoms with Gasteiger partial charge in [0.1, 0.15) is 46.0 Å². The number of fused-ring (bicyclic) bond motifs is 12. The Morgan fingerprint density at radius 2 is 0.673 bits per heavy atom. The molecule has 10 rings (SSSR count). The number of phenols is 4. The van der Waals surface area contributed by atoms with E-state index in [1.165, 1.54) is 48.5 Å². The zero-order chi connectivity index (χ0) is 34.4. The van der Waals surface area contributed by atoms with Gasteiger partial charge in [0, 0.05) is 57.6 Å². The van der Waals surface area contributed by atoms with Crippen molar-refractivity contribution in [2.45, 2.75) is 11.2 Å². The minimum absolute atomic E-state index is 0. The number of aromatic hydroxyl groups is 4. The van der Waals surface area contributed by atoms with Crippen LogP contribution >= 0.6 is 0 Å². The highest BCUT2D eigenvalue weighted by atomic mass is 35.5. The molecule has 0 saturated carbocycles. The number of carbonyl (C=O) groups is 2. The van der Waals surface area contributed by atoms with E-state index in [1.807, 2.05) is 24.3 Å². The van der Waals surface area contributed by atoms with Crippen molar-refractivity contribution in [1.82, 2.24) is 0 Å². The summed E-state index contributed by atoms with van der Waals surface area (Å²) in [5, 5.41) is 39.3. The number of carbonyl (C=O) groups excluding carboxylic acids is 2. The largest absolute Gasteiger partial charge is 1.00 e. The van der Waals surface area contributed by atoms with Gasteiger partial charge in [-0.05, 0) is 60.7 Å². The van der Waals surface area contributed by atoms with Crippen LogP contribution in [0.25, 0.3) is 0 Å². The first-order chi connectivity index (χ1) is 24.2. The Labute approximate surface area is 307 Å². The minimum Gasteiger partial charge on any atom is -1.00 e. The number of rotatable bonds is 0. The molecule has 0 bridgehead atoms. The zero-order valence-corrected chi connectivity index (χ0v) is 28.1. The van der Waals surface area contributed by atoms with Crippen molar-refractivity contribution in [3.63, 3.8) is 0 Å². The molecule has 2 spiro atoms. The van der Waals surface area contributed by atoms with E-state index in [0.717, 1.165) is 0 Å². The zero-order valence-electron chi connectivity index (χ0n) is 26.5. The van der Waals surface area contributed by atoms with Gasteiger partial charge >= 0.3 is 11.9 Å². The molecule has 12 heteroatoms. The van der Waals surface area contributed by atoms with Gasteiger partial charge in [-0.2, -0.15) is 0 Å². The van der Waals surface area contributed by atoms with Gasteiger partial charge in [-0.25, -0.2) is 9.59 Å². The van der Waals surface area contributed by atoms with Crippen LogP contribution < -0.4 is 34.3 Å². The number of phenolic OH excluding ortho intramolecular Hbond substituents is 4. The molecule has 4 aliphatic rings. The molecule has 0 saturated heterocycles. The first-order valence-corrected chi connectivity index (χ1v) is 15.5. The lowest BCUT2D eigenvalue weighted by molar-refractivity contribution is -0.00100. The van der Waals surface area contributed by atoms with E-state index in [0.29, 0.717) is 67.5 Å². The Morgan fingerprint density at radius 1 is 0.385 bits per heavy atom. The van der Waals surface area contributed by atoms with Crippen molar-refractivity contribution in [2.75, 3.05) is 0 Å². The lowest BCUT2D eigenvalue weighted by Crippen LogP contribution is -3.00. The van der Waals surface area contributed by atoms with Crippen molar-refractivity contribution in [3.05, 3.63) is 166 Å². The van der Waals surface area contributed by atoms with Gasteiger partial charge in [-0.15, -0.1) is 0 Å². The SMILES string of the molecule is O=C1OC2(c3ccc(O)cc3Oc3cc(O)ccc32)c2ccccc21.O=C1OC2(c3ccc(O)cc3Oc3cc(O)ccc32)c2ccccc21.[Cl-].[Cl-]. The fourth-order valence-corrected chi connectivity index (χ4v) is 7.31. The van der Waals surface area contributed by atoms with Gasteiger partial charge in [0.25, 0.3) is 0 Å². The predicted molar refractivity (Wildman–Crippen MR) is 176 cm³/mol. The molecule has 0 radical (unpaired) electrons. The molecule has 4 N–H and O–H groups in total. The van der Waals surface area contributed by atoms with Gasteiger partial charge < -0.3 is 64.2 Å². The van der Waals surface area contributed by atoms with E-state index in [2.05, 4.69) is 0 Å². The summed E-state index contributed by atoms with van der Waals surface area (Å²) in [5.74, 6) is 0.817. The second-order valence-corrected chi connectivity index (χ2v) is 12.2. The van der Waals surface area contributed by atoms with Crippen molar-refractivity contribution in [3.8, 4) is 46.0 Å². The molecule has 0 amide bonds. The van der Waals surface area contributed by atoms with Gasteiger partial charge in [0.05, 0.1) is 11.1 Å². The maximum Gasteiger partial charge on any atom is 0.340 e. The lowest BCUT2D eigenvalue weighted by atomic mass is 9.77. The van der Waals surface area contributed by atoms with Crippen LogP contribution in [-0.4, -0.2) is 32.4 Å². The molecule has 6 aromatic carbocycles. The second kappa shape index (κ2) is 12.2. The van der Waals surface area contributed by atoms with Crippen LogP contribution in [0.5, 0.6) is 46.0 Å². The summed E-state index contributed by atoms with van der Waals surface area (Å²) in [6.45, 7) is 0. The number of benzene rings is 6. The molecule has 6 aromatic rings. The van der Waals surface area contributed by atoms with Crippen LogP contribution in [-0.2, 0) is 20.7 Å². The van der Waals surface area contributed by atoms with Crippen LogP contribution in [0.3, 0.4) is 0 Å². The minimum atomic E-state index is -1.17. The average Bonchev–Trinajstić information content (AvgIpc) is 3.56. The van der Waals surface area contributed by atoms with E-state index in [-0.39, 0.29) is 47.8 Å². The Balaban J connectivity index is 0.000000156. The van der Waals surface area contributed by atoms with E-state index < -0.39 is 23.1 Å². The Hall–Kier alpha value is -6.36. The highest BCUT2D eigenvalue weighted by Crippen LogP contribution is 2.58. The van der Waals surface area contributed by atoms with Crippen LogP contribution in [0.2, 0.25) is 0 Å². The highest BCUT2D eigenvalue weighted by Gasteiger charge is 2.55. The third-order valence-electron chi connectivity index (χ3n) is 9.36. The molecule has 10 nitrogen and oxygen atoms in total. The molecule has 0 atom stereocenters. The molecule has 0 aromatic heterocycles. The lowest BCUT2D eigenvalue weighted by Gasteiger charge is -2.36. The molecule has 4 aliphatic heterocycles. The van der Waals surface area contributed by atoms with Crippen molar-refractivity contribution < 1.29 is 73.8 Å². The molecule has 4 heterocycles. The topological polar surface area (TPSA) is 152 Å². The standard InChI is InChI=1S/2C20H12O5.2ClH/c2*21-11-5-7-15-17(9-11)24-18-10-12(22)6-8-16(18)20(15)14-4-2-1-3-13(14)19(23)25-20;;/h2*1-10,21-22H;2*1H/p-2. The third-order valence-corrected chi connectivity index (χ3v) is 9.36. The van der Waals surface area contributed by atoms with Gasteiger partial charge in [-0.3, -0.25) is 0 Å². The normalized spacial score (nSPS) is 15.2. The second-order valence-electron chi connectivity index (χ2n) is 12.2. The summed E-state index contributed by atoms with van der Waals surface area (Å²) in [5.41, 5.74) is 2.57.